The van der Waals surface area contributed by atoms with Gasteiger partial charge in [-0.2, -0.15) is 18.3 Å². The van der Waals surface area contributed by atoms with E-state index >= 15 is 0 Å². The van der Waals surface area contributed by atoms with Crippen molar-refractivity contribution in [2.75, 3.05) is 19.3 Å². The number of benzene rings is 1. The van der Waals surface area contributed by atoms with Crippen molar-refractivity contribution in [1.82, 2.24) is 19.4 Å². The molecule has 31 heavy (non-hydrogen) atoms. The maximum atomic E-state index is 13.0. The third kappa shape index (κ3) is 5.31. The second-order valence-electron chi connectivity index (χ2n) is 7.39. The van der Waals surface area contributed by atoms with Crippen molar-refractivity contribution < 1.29 is 26.4 Å². The summed E-state index contributed by atoms with van der Waals surface area (Å²) in [6, 6.07) is 4.97. The first-order valence-corrected chi connectivity index (χ1v) is 11.3. The molecule has 1 atom stereocenters. The molecule has 1 amide bonds. The van der Waals surface area contributed by atoms with Crippen LogP contribution in [-0.4, -0.2) is 53.8 Å². The van der Waals surface area contributed by atoms with E-state index in [9.17, 15) is 31.2 Å². The Kier molecular flexibility index (Phi) is 6.23. The highest BCUT2D eigenvalue weighted by Crippen LogP contribution is 2.30. The van der Waals surface area contributed by atoms with E-state index in [1.54, 1.807) is 0 Å². The molecule has 8 nitrogen and oxygen atoms in total. The van der Waals surface area contributed by atoms with Crippen LogP contribution in [0.2, 0.25) is 0 Å². The molecule has 2 aromatic rings. The highest BCUT2D eigenvalue weighted by molar-refractivity contribution is 7.88. The summed E-state index contributed by atoms with van der Waals surface area (Å²) in [7, 11) is -3.42. The minimum absolute atomic E-state index is 0.0438. The van der Waals surface area contributed by atoms with E-state index in [4.69, 9.17) is 0 Å². The molecule has 1 aromatic carbocycles. The van der Waals surface area contributed by atoms with E-state index in [1.165, 1.54) is 23.4 Å². The Labute approximate surface area is 176 Å². The van der Waals surface area contributed by atoms with Crippen molar-refractivity contribution in [1.29, 1.82) is 0 Å². The van der Waals surface area contributed by atoms with Gasteiger partial charge in [-0.05, 0) is 38.0 Å². The van der Waals surface area contributed by atoms with Crippen molar-refractivity contribution in [3.8, 4) is 5.69 Å². The van der Waals surface area contributed by atoms with E-state index in [-0.39, 0.29) is 17.9 Å². The number of nitrogens with one attached hydrogen (secondary N) is 1. The molecule has 1 N–H and O–H groups in total. The molecule has 1 unspecified atom stereocenters. The third-order valence-corrected chi connectivity index (χ3v) is 6.20. The molecule has 168 valence electrons. The molecule has 0 radical (unpaired) electrons. The number of amides is 1. The molecule has 0 spiro atoms. The van der Waals surface area contributed by atoms with Crippen molar-refractivity contribution in [3.05, 3.63) is 57.5 Å². The molecular formula is C19H21F3N4O4S. The number of piperidine rings is 1. The van der Waals surface area contributed by atoms with E-state index in [0.717, 1.165) is 29.1 Å². The van der Waals surface area contributed by atoms with Crippen LogP contribution in [-0.2, 0) is 16.2 Å². The predicted molar refractivity (Wildman–Crippen MR) is 106 cm³/mol. The highest BCUT2D eigenvalue weighted by atomic mass is 32.2. The van der Waals surface area contributed by atoms with Gasteiger partial charge in [0.15, 0.2) is 5.69 Å². The Morgan fingerprint density at radius 1 is 1.26 bits per heavy atom. The summed E-state index contributed by atoms with van der Waals surface area (Å²) in [5.41, 5.74) is -1.77. The summed E-state index contributed by atoms with van der Waals surface area (Å²) in [6.45, 7) is 1.90. The van der Waals surface area contributed by atoms with Crippen LogP contribution in [0.15, 0.2) is 35.1 Å². The molecule has 12 heteroatoms. The molecule has 0 aliphatic carbocycles. The number of aromatic nitrogens is 2. The van der Waals surface area contributed by atoms with E-state index in [1.807, 2.05) is 0 Å². The van der Waals surface area contributed by atoms with Crippen molar-refractivity contribution in [2.45, 2.75) is 32.0 Å². The van der Waals surface area contributed by atoms with Crippen LogP contribution in [0.25, 0.3) is 5.69 Å². The molecule has 1 aliphatic heterocycles. The Morgan fingerprint density at radius 3 is 2.61 bits per heavy atom. The first-order chi connectivity index (χ1) is 14.4. The predicted octanol–water partition coefficient (Wildman–Crippen LogP) is 1.71. The van der Waals surface area contributed by atoms with E-state index in [2.05, 4.69) is 10.4 Å². The van der Waals surface area contributed by atoms with Crippen LogP contribution < -0.4 is 10.7 Å². The molecule has 1 saturated heterocycles. The zero-order valence-electron chi connectivity index (χ0n) is 16.8. The lowest BCUT2D eigenvalue weighted by Crippen LogP contribution is -2.50. The molecule has 0 bridgehead atoms. The van der Waals surface area contributed by atoms with E-state index < -0.39 is 44.8 Å². The topological polar surface area (TPSA) is 101 Å². The fraction of sp³-hybridized carbons (Fsp3) is 0.421. The van der Waals surface area contributed by atoms with Crippen LogP contribution >= 0.6 is 0 Å². The van der Waals surface area contributed by atoms with Gasteiger partial charge in [0.2, 0.25) is 15.5 Å². The molecule has 1 aliphatic rings. The van der Waals surface area contributed by atoms with Gasteiger partial charge in [-0.25, -0.2) is 17.4 Å². The summed E-state index contributed by atoms with van der Waals surface area (Å²) in [6.07, 6.45) is -2.43. The number of rotatable bonds is 4. The number of hydrogen-bond donors (Lipinski definition) is 1. The van der Waals surface area contributed by atoms with Gasteiger partial charge < -0.3 is 5.32 Å². The van der Waals surface area contributed by atoms with Crippen molar-refractivity contribution >= 4 is 15.9 Å². The quantitative estimate of drug-likeness (QED) is 0.752. The van der Waals surface area contributed by atoms with Gasteiger partial charge >= 0.3 is 6.18 Å². The SMILES string of the molecule is Cc1cc(=O)c(C(=O)NC2CCCN(S(C)(=O)=O)C2)nn1-c1cccc(C(F)(F)F)c1. The minimum Gasteiger partial charge on any atom is -0.346 e. The van der Waals surface area contributed by atoms with Gasteiger partial charge in [-0.1, -0.05) is 6.07 Å². The van der Waals surface area contributed by atoms with Crippen molar-refractivity contribution in [2.24, 2.45) is 0 Å². The number of alkyl halides is 3. The zero-order valence-corrected chi connectivity index (χ0v) is 17.6. The van der Waals surface area contributed by atoms with Gasteiger partial charge in [0.1, 0.15) is 0 Å². The molecule has 2 heterocycles. The van der Waals surface area contributed by atoms with Crippen molar-refractivity contribution in [3.63, 3.8) is 0 Å². The second kappa shape index (κ2) is 8.42. The fourth-order valence-corrected chi connectivity index (χ4v) is 4.31. The number of sulfonamides is 1. The van der Waals surface area contributed by atoms with Crippen LogP contribution in [0.3, 0.4) is 0 Å². The van der Waals surface area contributed by atoms with Gasteiger partial charge in [0, 0.05) is 30.9 Å². The fourth-order valence-electron chi connectivity index (χ4n) is 3.40. The monoisotopic (exact) mass is 458 g/mol. The van der Waals surface area contributed by atoms with Crippen LogP contribution in [0.1, 0.15) is 34.6 Å². The lowest BCUT2D eigenvalue weighted by molar-refractivity contribution is -0.137. The molecule has 1 aromatic heterocycles. The zero-order chi connectivity index (χ0) is 23.0. The van der Waals surface area contributed by atoms with Gasteiger partial charge in [-0.3, -0.25) is 9.59 Å². The first-order valence-electron chi connectivity index (χ1n) is 9.41. The maximum absolute atomic E-state index is 13.0. The molecule has 3 rings (SSSR count). The first kappa shape index (κ1) is 22.9. The Morgan fingerprint density at radius 2 is 1.97 bits per heavy atom. The van der Waals surface area contributed by atoms with Gasteiger partial charge in [-0.15, -0.1) is 0 Å². The lowest BCUT2D eigenvalue weighted by Gasteiger charge is -2.31. The summed E-state index contributed by atoms with van der Waals surface area (Å²) in [5.74, 6) is -0.814. The standard InChI is InChI=1S/C19H21F3N4O4S/c1-12-9-16(27)17(18(28)23-14-6-4-8-25(11-14)31(2,29)30)24-26(12)15-7-3-5-13(10-15)19(20,21)22/h3,5,7,9-10,14H,4,6,8,11H2,1-2H3,(H,23,28). The smallest absolute Gasteiger partial charge is 0.346 e. The van der Waals surface area contributed by atoms with E-state index in [0.29, 0.717) is 19.4 Å². The normalized spacial score (nSPS) is 18.0. The number of carbonyl (C=O) groups excluding carboxylic acids is 1. The number of aryl methyl sites for hydroxylation is 1. The minimum atomic E-state index is -4.56. The largest absolute Gasteiger partial charge is 0.416 e. The summed E-state index contributed by atoms with van der Waals surface area (Å²) in [4.78, 5) is 25.0. The maximum Gasteiger partial charge on any atom is 0.416 e. The van der Waals surface area contributed by atoms with Crippen LogP contribution in [0, 0.1) is 6.92 Å². The molecular weight excluding hydrogens is 437 g/mol. The number of carbonyl (C=O) groups is 1. The molecule has 0 saturated carbocycles. The second-order valence-corrected chi connectivity index (χ2v) is 9.37. The summed E-state index contributed by atoms with van der Waals surface area (Å²) < 4.78 is 64.9. The third-order valence-electron chi connectivity index (χ3n) is 4.93. The number of halogens is 3. The van der Waals surface area contributed by atoms with Gasteiger partial charge in [0.25, 0.3) is 5.91 Å². The van der Waals surface area contributed by atoms with Gasteiger partial charge in [0.05, 0.1) is 17.5 Å². The average molecular weight is 458 g/mol. The average Bonchev–Trinajstić information content (AvgIpc) is 2.67. The number of nitrogens with zero attached hydrogens (tertiary/aromatic N) is 3. The van der Waals surface area contributed by atoms with Crippen LogP contribution in [0.4, 0.5) is 13.2 Å². The lowest BCUT2D eigenvalue weighted by atomic mass is 10.1. The highest BCUT2D eigenvalue weighted by Gasteiger charge is 2.31. The Hall–Kier alpha value is -2.73. The Bertz CT molecular complexity index is 1160. The van der Waals surface area contributed by atoms with Crippen LogP contribution in [0.5, 0.6) is 0 Å². The molecule has 1 fully saturated rings. The summed E-state index contributed by atoms with van der Waals surface area (Å²) in [5, 5.41) is 6.60. The summed E-state index contributed by atoms with van der Waals surface area (Å²) >= 11 is 0. The number of hydrogen-bond acceptors (Lipinski definition) is 5. The Balaban J connectivity index is 1.89.